The Balaban J connectivity index is 2.76. The first-order valence-electron chi connectivity index (χ1n) is 3.70. The number of terminal acetylenes is 1. The van der Waals surface area contributed by atoms with Crippen LogP contribution in [-0.2, 0) is 9.84 Å². The van der Waals surface area contributed by atoms with Crippen LogP contribution in [0.2, 0.25) is 0 Å². The fourth-order valence-electron chi connectivity index (χ4n) is 1.55. The maximum absolute atomic E-state index is 11.1. The average Bonchev–Trinajstić information content (AvgIpc) is 1.83. The van der Waals surface area contributed by atoms with E-state index in [0.717, 1.165) is 6.42 Å². The molecule has 0 aliphatic carbocycles. The lowest BCUT2D eigenvalue weighted by Gasteiger charge is -2.22. The zero-order valence-corrected chi connectivity index (χ0v) is 7.39. The summed E-state index contributed by atoms with van der Waals surface area (Å²) in [5, 5.41) is 0. The van der Waals surface area contributed by atoms with Crippen LogP contribution in [0.3, 0.4) is 0 Å². The maximum Gasteiger partial charge on any atom is 0.151 e. The van der Waals surface area contributed by atoms with Crippen LogP contribution in [0, 0.1) is 24.2 Å². The molecule has 1 rings (SSSR count). The predicted molar refractivity (Wildman–Crippen MR) is 44.8 cm³/mol. The number of rotatable bonds is 0. The molecule has 0 bridgehead atoms. The van der Waals surface area contributed by atoms with Crippen LogP contribution in [0.25, 0.3) is 0 Å². The first-order valence-corrected chi connectivity index (χ1v) is 5.52. The van der Waals surface area contributed by atoms with Gasteiger partial charge in [-0.05, 0) is 12.3 Å². The van der Waals surface area contributed by atoms with Gasteiger partial charge in [0.15, 0.2) is 9.84 Å². The van der Waals surface area contributed by atoms with E-state index < -0.39 is 9.84 Å². The molecule has 11 heavy (non-hydrogen) atoms. The second-order valence-corrected chi connectivity index (χ2v) is 5.44. The van der Waals surface area contributed by atoms with E-state index in [9.17, 15) is 8.42 Å². The Morgan fingerprint density at radius 1 is 1.45 bits per heavy atom. The van der Waals surface area contributed by atoms with Gasteiger partial charge in [-0.2, -0.15) is 0 Å². The summed E-state index contributed by atoms with van der Waals surface area (Å²) in [7, 11) is -2.84. The summed E-state index contributed by atoms with van der Waals surface area (Å²) in [6, 6.07) is 0. The van der Waals surface area contributed by atoms with Gasteiger partial charge in [-0.15, -0.1) is 12.3 Å². The molecule has 1 aliphatic heterocycles. The fraction of sp³-hybridized carbons (Fsp3) is 0.750. The van der Waals surface area contributed by atoms with Crippen molar-refractivity contribution in [3.05, 3.63) is 0 Å². The van der Waals surface area contributed by atoms with Gasteiger partial charge in [-0.1, -0.05) is 6.92 Å². The molecule has 3 heteroatoms. The molecule has 1 heterocycles. The third-order valence-electron chi connectivity index (χ3n) is 1.92. The number of hydrogen-bond donors (Lipinski definition) is 0. The minimum atomic E-state index is -2.84. The van der Waals surface area contributed by atoms with E-state index in [4.69, 9.17) is 6.42 Å². The van der Waals surface area contributed by atoms with Crippen LogP contribution >= 0.6 is 0 Å². The molecule has 0 N–H and O–H groups in total. The summed E-state index contributed by atoms with van der Waals surface area (Å²) in [5.74, 6) is 3.19. The third kappa shape index (κ3) is 2.23. The van der Waals surface area contributed by atoms with Crippen molar-refractivity contribution in [2.24, 2.45) is 11.8 Å². The second-order valence-electron chi connectivity index (χ2n) is 3.28. The summed E-state index contributed by atoms with van der Waals surface area (Å²) >= 11 is 0. The van der Waals surface area contributed by atoms with E-state index in [1.165, 1.54) is 0 Å². The number of hydrogen-bond acceptors (Lipinski definition) is 2. The number of sulfone groups is 1. The molecule has 0 aromatic heterocycles. The monoisotopic (exact) mass is 172 g/mol. The van der Waals surface area contributed by atoms with Gasteiger partial charge in [0.05, 0.1) is 11.5 Å². The molecule has 0 radical (unpaired) electrons. The van der Waals surface area contributed by atoms with Crippen molar-refractivity contribution >= 4 is 9.84 Å². The molecule has 0 saturated carbocycles. The van der Waals surface area contributed by atoms with Crippen molar-refractivity contribution in [3.63, 3.8) is 0 Å². The second kappa shape index (κ2) is 2.86. The first kappa shape index (κ1) is 8.61. The zero-order chi connectivity index (χ0) is 8.48. The Morgan fingerprint density at radius 2 is 2.09 bits per heavy atom. The van der Waals surface area contributed by atoms with Gasteiger partial charge in [0.2, 0.25) is 0 Å². The molecule has 0 aromatic rings. The molecular weight excluding hydrogens is 160 g/mol. The molecule has 1 saturated heterocycles. The minimum absolute atomic E-state index is 0.0521. The Hall–Kier alpha value is -0.490. The summed E-state index contributed by atoms with van der Waals surface area (Å²) in [5.41, 5.74) is 0. The molecule has 2 unspecified atom stereocenters. The maximum atomic E-state index is 11.1. The molecule has 62 valence electrons. The Bertz CT molecular complexity index is 271. The predicted octanol–water partition coefficient (Wildman–Crippen LogP) is 0.690. The highest BCUT2D eigenvalue weighted by Gasteiger charge is 2.27. The third-order valence-corrected chi connectivity index (χ3v) is 3.90. The molecule has 2 nitrogen and oxygen atoms in total. The highest BCUT2D eigenvalue weighted by Crippen LogP contribution is 2.22. The van der Waals surface area contributed by atoms with Gasteiger partial charge in [-0.3, -0.25) is 0 Å². The van der Waals surface area contributed by atoms with Gasteiger partial charge in [0, 0.05) is 5.92 Å². The van der Waals surface area contributed by atoms with E-state index in [-0.39, 0.29) is 17.6 Å². The van der Waals surface area contributed by atoms with Crippen LogP contribution < -0.4 is 0 Å². The van der Waals surface area contributed by atoms with Crippen LogP contribution in [-0.4, -0.2) is 19.9 Å². The van der Waals surface area contributed by atoms with E-state index >= 15 is 0 Å². The Morgan fingerprint density at radius 3 is 2.55 bits per heavy atom. The van der Waals surface area contributed by atoms with Crippen LogP contribution in [0.1, 0.15) is 13.3 Å². The lowest BCUT2D eigenvalue weighted by atomic mass is 9.99. The molecule has 0 aromatic carbocycles. The summed E-state index contributed by atoms with van der Waals surface area (Å²) in [4.78, 5) is 0. The molecule has 0 spiro atoms. The topological polar surface area (TPSA) is 34.1 Å². The quantitative estimate of drug-likeness (QED) is 0.504. The Kier molecular flexibility index (Phi) is 2.24. The summed E-state index contributed by atoms with van der Waals surface area (Å²) in [6.45, 7) is 1.93. The largest absolute Gasteiger partial charge is 0.229 e. The van der Waals surface area contributed by atoms with Gasteiger partial charge >= 0.3 is 0 Å². The van der Waals surface area contributed by atoms with E-state index in [1.807, 2.05) is 6.92 Å². The smallest absolute Gasteiger partial charge is 0.151 e. The van der Waals surface area contributed by atoms with E-state index in [2.05, 4.69) is 5.92 Å². The van der Waals surface area contributed by atoms with Gasteiger partial charge in [0.25, 0.3) is 0 Å². The van der Waals surface area contributed by atoms with E-state index in [0.29, 0.717) is 5.75 Å². The Labute approximate surface area is 67.9 Å². The van der Waals surface area contributed by atoms with Crippen LogP contribution in [0.4, 0.5) is 0 Å². The van der Waals surface area contributed by atoms with Crippen molar-refractivity contribution in [1.29, 1.82) is 0 Å². The SMILES string of the molecule is C#CC1CC(C)CS(=O)(=O)C1. The molecule has 0 amide bonds. The summed E-state index contributed by atoms with van der Waals surface area (Å²) in [6.07, 6.45) is 6.03. The van der Waals surface area contributed by atoms with Crippen LogP contribution in [0.15, 0.2) is 0 Å². The molecular formula is C8H12O2S. The highest BCUT2D eigenvalue weighted by atomic mass is 32.2. The van der Waals surface area contributed by atoms with E-state index in [1.54, 1.807) is 0 Å². The van der Waals surface area contributed by atoms with Crippen molar-refractivity contribution in [3.8, 4) is 12.3 Å². The van der Waals surface area contributed by atoms with Gasteiger partial charge in [-0.25, -0.2) is 8.42 Å². The molecule has 1 aliphatic rings. The highest BCUT2D eigenvalue weighted by molar-refractivity contribution is 7.91. The first-order chi connectivity index (χ1) is 5.03. The van der Waals surface area contributed by atoms with Gasteiger partial charge in [0.1, 0.15) is 0 Å². The minimum Gasteiger partial charge on any atom is -0.229 e. The molecule has 1 fully saturated rings. The van der Waals surface area contributed by atoms with Crippen molar-refractivity contribution in [1.82, 2.24) is 0 Å². The van der Waals surface area contributed by atoms with Gasteiger partial charge < -0.3 is 0 Å². The van der Waals surface area contributed by atoms with Crippen molar-refractivity contribution in [2.75, 3.05) is 11.5 Å². The molecule has 2 atom stereocenters. The normalized spacial score (nSPS) is 36.0. The fourth-order valence-corrected chi connectivity index (χ4v) is 3.53. The average molecular weight is 172 g/mol. The standard InChI is InChI=1S/C8H12O2S/c1-3-8-4-7(2)5-11(9,10)6-8/h1,7-8H,4-6H2,2H3. The lowest BCUT2D eigenvalue weighted by molar-refractivity contribution is 0.471. The summed E-state index contributed by atoms with van der Waals surface area (Å²) < 4.78 is 22.3. The van der Waals surface area contributed by atoms with Crippen LogP contribution in [0.5, 0.6) is 0 Å². The lowest BCUT2D eigenvalue weighted by Crippen LogP contribution is -2.29. The zero-order valence-electron chi connectivity index (χ0n) is 6.58. The van der Waals surface area contributed by atoms with Crippen molar-refractivity contribution in [2.45, 2.75) is 13.3 Å². The van der Waals surface area contributed by atoms with Crippen molar-refractivity contribution < 1.29 is 8.42 Å².